The number of fused-ring (bicyclic) bond motifs is 1. The number of rotatable bonds is 6. The molecule has 2 nitrogen and oxygen atoms in total. The molecule has 0 radical (unpaired) electrons. The van der Waals surface area contributed by atoms with E-state index in [9.17, 15) is 0 Å². The van der Waals surface area contributed by atoms with Crippen LogP contribution in [0, 0.1) is 0 Å². The van der Waals surface area contributed by atoms with Crippen LogP contribution in [0.1, 0.15) is 31.2 Å². The van der Waals surface area contributed by atoms with Crippen LogP contribution in [0.2, 0.25) is 0 Å². The molecule has 3 heteroatoms. The molecular formula is C15H23NOS. The van der Waals surface area contributed by atoms with E-state index in [2.05, 4.69) is 42.8 Å². The number of hydrogen-bond acceptors (Lipinski definition) is 3. The van der Waals surface area contributed by atoms with Gasteiger partial charge in [-0.05, 0) is 43.4 Å². The van der Waals surface area contributed by atoms with Crippen LogP contribution < -0.4 is 10.1 Å². The molecule has 0 amide bonds. The maximum atomic E-state index is 5.69. The highest BCUT2D eigenvalue weighted by Gasteiger charge is 2.20. The molecule has 2 unspecified atom stereocenters. The highest BCUT2D eigenvalue weighted by atomic mass is 32.2. The summed E-state index contributed by atoms with van der Waals surface area (Å²) in [6.07, 6.45) is 4.53. The minimum absolute atomic E-state index is 0.603. The Kier molecular flexibility index (Phi) is 5.39. The zero-order valence-electron chi connectivity index (χ0n) is 11.3. The Morgan fingerprint density at radius 1 is 1.44 bits per heavy atom. The van der Waals surface area contributed by atoms with E-state index in [1.807, 2.05) is 11.8 Å². The van der Waals surface area contributed by atoms with Crippen LogP contribution in [0.3, 0.4) is 0 Å². The minimum Gasteiger partial charge on any atom is -0.493 e. The molecule has 2 atom stereocenters. The van der Waals surface area contributed by atoms with Gasteiger partial charge in [0.1, 0.15) is 5.75 Å². The number of hydrogen-bond donors (Lipinski definition) is 1. The standard InChI is InChI=1S/C15H23NOS/c1-12(8-10-18-2)16-11-13-7-9-17-15-6-4-3-5-14(13)15/h3-6,12-13,16H,7-11H2,1-2H3. The summed E-state index contributed by atoms with van der Waals surface area (Å²) in [5, 5.41) is 3.66. The molecule has 0 spiro atoms. The van der Waals surface area contributed by atoms with Crippen molar-refractivity contribution in [2.75, 3.05) is 25.2 Å². The lowest BCUT2D eigenvalue weighted by atomic mass is 9.93. The van der Waals surface area contributed by atoms with Gasteiger partial charge in [0.05, 0.1) is 6.61 Å². The van der Waals surface area contributed by atoms with Gasteiger partial charge in [0, 0.05) is 18.5 Å². The topological polar surface area (TPSA) is 21.3 Å². The van der Waals surface area contributed by atoms with E-state index in [4.69, 9.17) is 4.74 Å². The van der Waals surface area contributed by atoms with Gasteiger partial charge in [-0.1, -0.05) is 18.2 Å². The molecule has 0 bridgehead atoms. The average Bonchev–Trinajstić information content (AvgIpc) is 2.42. The van der Waals surface area contributed by atoms with Crippen molar-refractivity contribution in [3.8, 4) is 5.75 Å². The van der Waals surface area contributed by atoms with E-state index in [1.54, 1.807) is 0 Å². The molecule has 0 aliphatic carbocycles. The fraction of sp³-hybridized carbons (Fsp3) is 0.600. The Morgan fingerprint density at radius 3 is 3.11 bits per heavy atom. The molecule has 100 valence electrons. The fourth-order valence-electron chi connectivity index (χ4n) is 2.37. The number of ether oxygens (including phenoxy) is 1. The number of benzene rings is 1. The first-order valence-electron chi connectivity index (χ1n) is 6.75. The van der Waals surface area contributed by atoms with E-state index < -0.39 is 0 Å². The first-order chi connectivity index (χ1) is 8.81. The number of nitrogens with one attached hydrogen (secondary N) is 1. The van der Waals surface area contributed by atoms with Gasteiger partial charge < -0.3 is 10.1 Å². The van der Waals surface area contributed by atoms with Crippen LogP contribution in [-0.4, -0.2) is 31.2 Å². The van der Waals surface area contributed by atoms with Gasteiger partial charge >= 0.3 is 0 Å². The zero-order chi connectivity index (χ0) is 12.8. The van der Waals surface area contributed by atoms with Crippen molar-refractivity contribution >= 4 is 11.8 Å². The third-order valence-electron chi connectivity index (χ3n) is 3.55. The van der Waals surface area contributed by atoms with E-state index in [-0.39, 0.29) is 0 Å². The van der Waals surface area contributed by atoms with Crippen molar-refractivity contribution in [1.29, 1.82) is 0 Å². The Labute approximate surface area is 114 Å². The average molecular weight is 265 g/mol. The Bertz CT molecular complexity index is 369. The second kappa shape index (κ2) is 7.05. The van der Waals surface area contributed by atoms with Crippen LogP contribution in [0.25, 0.3) is 0 Å². The van der Waals surface area contributed by atoms with Crippen LogP contribution in [-0.2, 0) is 0 Å². The summed E-state index contributed by atoms with van der Waals surface area (Å²) in [6, 6.07) is 9.05. The smallest absolute Gasteiger partial charge is 0.122 e. The Morgan fingerprint density at radius 2 is 2.28 bits per heavy atom. The second-order valence-electron chi connectivity index (χ2n) is 4.96. The van der Waals surface area contributed by atoms with Crippen LogP contribution in [0.15, 0.2) is 24.3 Å². The van der Waals surface area contributed by atoms with E-state index in [1.165, 1.54) is 17.7 Å². The summed E-state index contributed by atoms with van der Waals surface area (Å²) in [5.41, 5.74) is 1.37. The molecule has 0 saturated carbocycles. The van der Waals surface area contributed by atoms with E-state index >= 15 is 0 Å². The van der Waals surface area contributed by atoms with Gasteiger partial charge in [-0.25, -0.2) is 0 Å². The third-order valence-corrected chi connectivity index (χ3v) is 4.19. The van der Waals surface area contributed by atoms with Crippen molar-refractivity contribution in [3.05, 3.63) is 29.8 Å². The highest BCUT2D eigenvalue weighted by Crippen LogP contribution is 2.32. The van der Waals surface area contributed by atoms with Crippen molar-refractivity contribution in [1.82, 2.24) is 5.32 Å². The molecule has 0 aromatic heterocycles. The molecule has 1 aliphatic rings. The summed E-state index contributed by atoms with van der Waals surface area (Å²) >= 11 is 1.92. The van der Waals surface area contributed by atoms with Gasteiger partial charge in [0.15, 0.2) is 0 Å². The van der Waals surface area contributed by atoms with Gasteiger partial charge in [-0.2, -0.15) is 11.8 Å². The van der Waals surface area contributed by atoms with Gasteiger partial charge in [-0.3, -0.25) is 0 Å². The lowest BCUT2D eigenvalue weighted by Crippen LogP contribution is -2.32. The largest absolute Gasteiger partial charge is 0.493 e. The van der Waals surface area contributed by atoms with Crippen LogP contribution in [0.4, 0.5) is 0 Å². The molecule has 1 aliphatic heterocycles. The summed E-state index contributed by atoms with van der Waals surface area (Å²) in [6.45, 7) is 4.19. The monoisotopic (exact) mass is 265 g/mol. The highest BCUT2D eigenvalue weighted by molar-refractivity contribution is 7.98. The summed E-state index contributed by atoms with van der Waals surface area (Å²) < 4.78 is 5.69. The molecule has 18 heavy (non-hydrogen) atoms. The molecule has 1 N–H and O–H groups in total. The van der Waals surface area contributed by atoms with Gasteiger partial charge in [0.25, 0.3) is 0 Å². The maximum absolute atomic E-state index is 5.69. The predicted octanol–water partition coefficient (Wildman–Crippen LogP) is 3.28. The van der Waals surface area contributed by atoms with Crippen molar-refractivity contribution in [3.63, 3.8) is 0 Å². The molecule has 1 aromatic carbocycles. The summed E-state index contributed by atoms with van der Waals surface area (Å²) in [4.78, 5) is 0. The summed E-state index contributed by atoms with van der Waals surface area (Å²) in [5.74, 6) is 2.91. The first kappa shape index (κ1) is 13.8. The SMILES string of the molecule is CSCCC(C)NCC1CCOc2ccccc21. The van der Waals surface area contributed by atoms with Crippen molar-refractivity contribution < 1.29 is 4.74 Å². The third kappa shape index (κ3) is 3.66. The number of para-hydroxylation sites is 1. The molecule has 1 aromatic rings. The molecule has 1 heterocycles. The molecule has 0 saturated heterocycles. The zero-order valence-corrected chi connectivity index (χ0v) is 12.1. The first-order valence-corrected chi connectivity index (χ1v) is 8.14. The number of thioether (sulfide) groups is 1. The lowest BCUT2D eigenvalue weighted by molar-refractivity contribution is 0.262. The lowest BCUT2D eigenvalue weighted by Gasteiger charge is -2.27. The maximum Gasteiger partial charge on any atom is 0.122 e. The Balaban J connectivity index is 1.87. The van der Waals surface area contributed by atoms with Crippen LogP contribution in [0.5, 0.6) is 5.75 Å². The summed E-state index contributed by atoms with van der Waals surface area (Å²) in [7, 11) is 0. The molecular weight excluding hydrogens is 242 g/mol. The quantitative estimate of drug-likeness (QED) is 0.853. The van der Waals surface area contributed by atoms with Gasteiger partial charge in [0.2, 0.25) is 0 Å². The Hall–Kier alpha value is -0.670. The van der Waals surface area contributed by atoms with E-state index in [0.717, 1.165) is 25.3 Å². The fourth-order valence-corrected chi connectivity index (χ4v) is 2.96. The second-order valence-corrected chi connectivity index (χ2v) is 5.95. The molecule has 2 rings (SSSR count). The van der Waals surface area contributed by atoms with E-state index in [0.29, 0.717) is 12.0 Å². The van der Waals surface area contributed by atoms with Crippen molar-refractivity contribution in [2.45, 2.75) is 31.7 Å². The van der Waals surface area contributed by atoms with Crippen LogP contribution >= 0.6 is 11.8 Å². The minimum atomic E-state index is 0.603. The normalized spacial score (nSPS) is 20.0. The molecule has 0 fully saturated rings. The van der Waals surface area contributed by atoms with Crippen molar-refractivity contribution in [2.24, 2.45) is 0 Å². The predicted molar refractivity (Wildman–Crippen MR) is 79.8 cm³/mol. The van der Waals surface area contributed by atoms with Gasteiger partial charge in [-0.15, -0.1) is 0 Å².